The monoisotopic (exact) mass is 370 g/mol. The van der Waals surface area contributed by atoms with Gasteiger partial charge in [0.1, 0.15) is 6.61 Å². The van der Waals surface area contributed by atoms with Crippen molar-refractivity contribution in [2.24, 2.45) is 5.92 Å². The van der Waals surface area contributed by atoms with Crippen molar-refractivity contribution < 1.29 is 22.7 Å². The first kappa shape index (κ1) is 18.7. The van der Waals surface area contributed by atoms with Gasteiger partial charge in [0.15, 0.2) is 0 Å². The summed E-state index contributed by atoms with van der Waals surface area (Å²) in [5, 5.41) is 11.2. The summed E-state index contributed by atoms with van der Waals surface area (Å²) in [5.41, 5.74) is 2.10. The number of benzene rings is 1. The highest BCUT2D eigenvalue weighted by Gasteiger charge is 2.27. The van der Waals surface area contributed by atoms with Gasteiger partial charge in [0, 0.05) is 49.2 Å². The summed E-state index contributed by atoms with van der Waals surface area (Å²) in [6.45, 7) is 3.15. The molecule has 0 atom stereocenters. The average Bonchev–Trinajstić information content (AvgIpc) is 2.93. The van der Waals surface area contributed by atoms with E-state index in [1.807, 2.05) is 17.8 Å². The van der Waals surface area contributed by atoms with Crippen LogP contribution in [0.3, 0.4) is 0 Å². The Morgan fingerprint density at radius 2 is 2.19 bits per heavy atom. The van der Waals surface area contributed by atoms with E-state index in [0.717, 1.165) is 36.1 Å². The molecule has 1 aromatic heterocycles. The van der Waals surface area contributed by atoms with Gasteiger partial charge in [-0.05, 0) is 24.6 Å². The summed E-state index contributed by atoms with van der Waals surface area (Å²) < 4.78 is 42.4. The van der Waals surface area contributed by atoms with Gasteiger partial charge in [-0.2, -0.15) is 18.3 Å². The van der Waals surface area contributed by atoms with Crippen LogP contribution in [0.4, 0.5) is 13.2 Å². The summed E-state index contributed by atoms with van der Waals surface area (Å²) in [6, 6.07) is 3.47. The third-order valence-corrected chi connectivity index (χ3v) is 4.36. The Kier molecular flexibility index (Phi) is 5.47. The highest BCUT2D eigenvalue weighted by Crippen LogP contribution is 2.22. The van der Waals surface area contributed by atoms with Crippen molar-refractivity contribution in [1.82, 2.24) is 20.4 Å². The third-order valence-electron chi connectivity index (χ3n) is 4.36. The van der Waals surface area contributed by atoms with E-state index in [2.05, 4.69) is 20.5 Å². The van der Waals surface area contributed by atoms with Crippen LogP contribution in [0.25, 0.3) is 10.9 Å². The molecule has 1 fully saturated rings. The highest BCUT2D eigenvalue weighted by atomic mass is 19.4. The number of amides is 1. The Morgan fingerprint density at radius 3 is 2.85 bits per heavy atom. The minimum Gasteiger partial charge on any atom is -0.370 e. The molecule has 9 heteroatoms. The molecule has 0 unspecified atom stereocenters. The second-order valence-electron chi connectivity index (χ2n) is 6.47. The maximum atomic E-state index is 12.3. The van der Waals surface area contributed by atoms with Gasteiger partial charge in [0.05, 0.1) is 12.1 Å². The molecule has 0 saturated carbocycles. The van der Waals surface area contributed by atoms with Crippen LogP contribution >= 0.6 is 0 Å². The molecule has 3 rings (SSSR count). The largest absolute Gasteiger partial charge is 0.411 e. The van der Waals surface area contributed by atoms with Crippen molar-refractivity contribution in [3.8, 4) is 0 Å². The number of halogens is 3. The zero-order valence-corrected chi connectivity index (χ0v) is 14.4. The fourth-order valence-electron chi connectivity index (χ4n) is 2.88. The number of hydrogen-bond donors (Lipinski definition) is 2. The zero-order valence-electron chi connectivity index (χ0n) is 14.4. The Bertz CT molecular complexity index is 784. The van der Waals surface area contributed by atoms with E-state index in [9.17, 15) is 18.0 Å². The summed E-state index contributed by atoms with van der Waals surface area (Å²) in [4.78, 5) is 12.3. The van der Waals surface area contributed by atoms with Crippen molar-refractivity contribution in [3.63, 3.8) is 0 Å². The number of rotatable bonds is 7. The lowest BCUT2D eigenvalue weighted by Crippen LogP contribution is -2.44. The Morgan fingerprint density at radius 1 is 1.42 bits per heavy atom. The van der Waals surface area contributed by atoms with Gasteiger partial charge in [0.25, 0.3) is 5.91 Å². The summed E-state index contributed by atoms with van der Waals surface area (Å²) in [7, 11) is 0. The van der Waals surface area contributed by atoms with E-state index in [4.69, 9.17) is 0 Å². The van der Waals surface area contributed by atoms with Gasteiger partial charge in [-0.3, -0.25) is 9.48 Å². The number of fused-ring (bicyclic) bond motifs is 1. The first-order valence-electron chi connectivity index (χ1n) is 8.43. The Labute approximate surface area is 148 Å². The van der Waals surface area contributed by atoms with Crippen molar-refractivity contribution in [3.05, 3.63) is 29.5 Å². The van der Waals surface area contributed by atoms with Crippen LogP contribution in [0.1, 0.15) is 15.9 Å². The number of aromatic nitrogens is 2. The number of nitrogens with one attached hydrogen (secondary N) is 2. The van der Waals surface area contributed by atoms with Crippen LogP contribution in [-0.4, -0.2) is 54.7 Å². The van der Waals surface area contributed by atoms with Crippen LogP contribution < -0.4 is 10.6 Å². The number of ether oxygens (including phenoxy) is 1. The van der Waals surface area contributed by atoms with Crippen molar-refractivity contribution in [2.75, 3.05) is 32.8 Å². The smallest absolute Gasteiger partial charge is 0.370 e. The Hall–Kier alpha value is -2.13. The quantitative estimate of drug-likeness (QED) is 0.731. The SMILES string of the molecule is Cc1c(C(=O)NCCOCC(F)(F)F)ccc2nn(CC3CNC3)cc12. The Balaban J connectivity index is 1.60. The van der Waals surface area contributed by atoms with E-state index in [1.54, 1.807) is 12.1 Å². The molecule has 1 saturated heterocycles. The number of carbonyl (C=O) groups is 1. The summed E-state index contributed by atoms with van der Waals surface area (Å²) in [6.07, 6.45) is -2.42. The second-order valence-corrected chi connectivity index (χ2v) is 6.47. The average molecular weight is 370 g/mol. The molecule has 0 aliphatic carbocycles. The number of hydrogen-bond acceptors (Lipinski definition) is 4. The molecule has 2 N–H and O–H groups in total. The third kappa shape index (κ3) is 4.53. The lowest BCUT2D eigenvalue weighted by Gasteiger charge is -2.26. The molecular formula is C17H21F3N4O2. The molecule has 1 aliphatic rings. The molecule has 2 heterocycles. The van der Waals surface area contributed by atoms with Crippen LogP contribution in [0.15, 0.2) is 18.3 Å². The first-order chi connectivity index (χ1) is 12.3. The molecule has 6 nitrogen and oxygen atoms in total. The van der Waals surface area contributed by atoms with Gasteiger partial charge in [-0.25, -0.2) is 0 Å². The van der Waals surface area contributed by atoms with Crippen LogP contribution in [0, 0.1) is 12.8 Å². The predicted molar refractivity (Wildman–Crippen MR) is 90.0 cm³/mol. The van der Waals surface area contributed by atoms with E-state index in [0.29, 0.717) is 11.5 Å². The van der Waals surface area contributed by atoms with Crippen LogP contribution in [0.5, 0.6) is 0 Å². The molecular weight excluding hydrogens is 349 g/mol. The lowest BCUT2D eigenvalue weighted by molar-refractivity contribution is -0.173. The maximum absolute atomic E-state index is 12.3. The van der Waals surface area contributed by atoms with E-state index < -0.39 is 12.8 Å². The molecule has 0 bridgehead atoms. The molecule has 1 amide bonds. The number of carbonyl (C=O) groups excluding carboxylic acids is 1. The van der Waals surface area contributed by atoms with Gasteiger partial charge < -0.3 is 15.4 Å². The predicted octanol–water partition coefficient (Wildman–Crippen LogP) is 1.87. The minimum absolute atomic E-state index is 0.0142. The summed E-state index contributed by atoms with van der Waals surface area (Å²) >= 11 is 0. The molecule has 26 heavy (non-hydrogen) atoms. The van der Waals surface area contributed by atoms with Gasteiger partial charge in [-0.1, -0.05) is 0 Å². The molecule has 0 spiro atoms. The standard InChI is InChI=1S/C17H21F3N4O2/c1-11-13(16(25)22-4-5-26-10-17(18,19)20)2-3-15-14(11)9-24(23-15)8-12-6-21-7-12/h2-3,9,12,21H,4-8,10H2,1H3,(H,22,25). The van der Waals surface area contributed by atoms with Crippen molar-refractivity contribution >= 4 is 16.8 Å². The van der Waals surface area contributed by atoms with E-state index in [1.165, 1.54) is 0 Å². The van der Waals surface area contributed by atoms with Crippen molar-refractivity contribution in [1.29, 1.82) is 0 Å². The lowest BCUT2D eigenvalue weighted by atomic mass is 10.0. The van der Waals surface area contributed by atoms with Crippen LogP contribution in [0.2, 0.25) is 0 Å². The van der Waals surface area contributed by atoms with Gasteiger partial charge in [0.2, 0.25) is 0 Å². The zero-order chi connectivity index (χ0) is 18.7. The number of aryl methyl sites for hydroxylation is 1. The highest BCUT2D eigenvalue weighted by molar-refractivity contribution is 6.00. The number of nitrogens with zero attached hydrogens (tertiary/aromatic N) is 2. The molecule has 1 aliphatic heterocycles. The number of alkyl halides is 3. The fraction of sp³-hybridized carbons (Fsp3) is 0.529. The summed E-state index contributed by atoms with van der Waals surface area (Å²) in [5.74, 6) is 0.236. The second kappa shape index (κ2) is 7.63. The molecule has 0 radical (unpaired) electrons. The molecule has 142 valence electrons. The van der Waals surface area contributed by atoms with Crippen LogP contribution in [-0.2, 0) is 11.3 Å². The maximum Gasteiger partial charge on any atom is 0.411 e. The van der Waals surface area contributed by atoms with Gasteiger partial charge in [-0.15, -0.1) is 0 Å². The molecule has 2 aromatic rings. The van der Waals surface area contributed by atoms with E-state index in [-0.39, 0.29) is 19.1 Å². The first-order valence-corrected chi connectivity index (χ1v) is 8.43. The van der Waals surface area contributed by atoms with E-state index >= 15 is 0 Å². The minimum atomic E-state index is -4.36. The molecule has 1 aromatic carbocycles. The normalized spacial score (nSPS) is 15.2. The topological polar surface area (TPSA) is 68.2 Å². The fourth-order valence-corrected chi connectivity index (χ4v) is 2.88. The van der Waals surface area contributed by atoms with Gasteiger partial charge >= 0.3 is 6.18 Å². The van der Waals surface area contributed by atoms with Crippen molar-refractivity contribution in [2.45, 2.75) is 19.6 Å².